The minimum Gasteiger partial charge on any atom is -0.462 e. The largest absolute Gasteiger partial charge is 0.472 e. The fourth-order valence-electron chi connectivity index (χ4n) is 7.40. The summed E-state index contributed by atoms with van der Waals surface area (Å²) in [6.07, 6.45) is 28.0. The summed E-state index contributed by atoms with van der Waals surface area (Å²) < 4.78 is 32.7. The molecule has 13 nitrogen and oxygen atoms in total. The van der Waals surface area contributed by atoms with Crippen LogP contribution in [0, 0.1) is 17.8 Å². The fourth-order valence-corrected chi connectivity index (χ4v) is 8.18. The van der Waals surface area contributed by atoms with Gasteiger partial charge in [-0.3, -0.25) is 23.4 Å². The lowest BCUT2D eigenvalue weighted by atomic mass is 9.90. The predicted molar refractivity (Wildman–Crippen MR) is 238 cm³/mol. The van der Waals surface area contributed by atoms with Crippen molar-refractivity contribution in [3.05, 3.63) is 24.3 Å². The van der Waals surface area contributed by atoms with Crippen LogP contribution in [0.25, 0.3) is 0 Å². The minimum absolute atomic E-state index is 0.0416. The van der Waals surface area contributed by atoms with E-state index in [2.05, 4.69) is 25.3 Å². The van der Waals surface area contributed by atoms with Crippen LogP contribution in [-0.4, -0.2) is 93.9 Å². The molecule has 5 N–H and O–H groups in total. The van der Waals surface area contributed by atoms with Crippen molar-refractivity contribution in [3.63, 3.8) is 0 Å². The molecule has 1 aliphatic carbocycles. The number of carbonyl (C=O) groups is 3. The molecule has 14 heteroatoms. The van der Waals surface area contributed by atoms with Crippen LogP contribution in [0.3, 0.4) is 0 Å². The van der Waals surface area contributed by atoms with Crippen LogP contribution in [0.15, 0.2) is 24.3 Å². The van der Waals surface area contributed by atoms with Gasteiger partial charge in [0, 0.05) is 31.1 Å². The van der Waals surface area contributed by atoms with Crippen LogP contribution >= 0.6 is 7.82 Å². The standard InChI is InChI=1S/C47H85O13P/c1-4-5-21-27-39(49)31-32-43-42(44(51)33-45(43)52)28-23-19-20-24-29-46(53)57-36-41(37-59-61(55,56)58-35-40(50)34-48)60-47(54)30-25-18-16-14-12-10-8-6-7-9-11-13-15-17-22-26-38(2)3/h19,23,31-32,38-44,48-51H,4-18,20-22,24-30,33-37H2,1-3H3,(H,55,56)/b23-19-,32-31+/t39-,40-,41+,42+,43+,44-/m0/s1. The van der Waals surface area contributed by atoms with E-state index < -0.39 is 76.5 Å². The highest BCUT2D eigenvalue weighted by Crippen LogP contribution is 2.43. The molecule has 0 radical (unpaired) electrons. The fraction of sp³-hybridized carbons (Fsp3) is 0.851. The Morgan fingerprint density at radius 1 is 0.754 bits per heavy atom. The van der Waals surface area contributed by atoms with Gasteiger partial charge in [-0.05, 0) is 38.0 Å². The number of unbranched alkanes of at least 4 members (excludes halogenated alkanes) is 17. The Morgan fingerprint density at radius 3 is 1.90 bits per heavy atom. The van der Waals surface area contributed by atoms with Crippen LogP contribution in [0.1, 0.15) is 188 Å². The van der Waals surface area contributed by atoms with Gasteiger partial charge < -0.3 is 34.8 Å². The molecule has 356 valence electrons. The summed E-state index contributed by atoms with van der Waals surface area (Å²) >= 11 is 0. The SMILES string of the molecule is CCCCC[C@H](O)/C=C/[C@H]1C(=O)C[C@H](O)[C@@H]1C/C=C\CCCC(=O)OC[C@H](COP(=O)(O)OC[C@@H](O)CO)OC(=O)CCCCCCCCCCCCCCCCCC(C)C. The molecule has 0 heterocycles. The number of phosphoric ester groups is 1. The quantitative estimate of drug-likeness (QED) is 0.0168. The van der Waals surface area contributed by atoms with Crippen LogP contribution in [-0.2, 0) is 37.5 Å². The van der Waals surface area contributed by atoms with Gasteiger partial charge in [0.25, 0.3) is 0 Å². The van der Waals surface area contributed by atoms with Gasteiger partial charge in [-0.25, -0.2) is 4.57 Å². The average Bonchev–Trinajstić information content (AvgIpc) is 3.49. The number of Topliss-reactive ketones (excluding diaryl/α,β-unsaturated/α-hetero) is 1. The first-order chi connectivity index (χ1) is 29.3. The van der Waals surface area contributed by atoms with Gasteiger partial charge in [-0.15, -0.1) is 0 Å². The van der Waals surface area contributed by atoms with Gasteiger partial charge in [0.15, 0.2) is 6.10 Å². The van der Waals surface area contributed by atoms with Crippen LogP contribution < -0.4 is 0 Å². The molecule has 1 aliphatic rings. The Bertz CT molecular complexity index is 1240. The van der Waals surface area contributed by atoms with E-state index in [0.717, 1.165) is 44.4 Å². The molecule has 0 aromatic carbocycles. The maximum absolute atomic E-state index is 12.7. The second kappa shape index (κ2) is 36.4. The first kappa shape index (κ1) is 57.1. The van der Waals surface area contributed by atoms with Crippen molar-refractivity contribution in [2.24, 2.45) is 17.8 Å². The van der Waals surface area contributed by atoms with Gasteiger partial charge in [0.05, 0.1) is 32.0 Å². The van der Waals surface area contributed by atoms with Gasteiger partial charge in [0.1, 0.15) is 18.5 Å². The number of ether oxygens (including phenoxy) is 2. The van der Waals surface area contributed by atoms with Gasteiger partial charge in [-0.2, -0.15) is 0 Å². The Kier molecular flexibility index (Phi) is 34.0. The zero-order valence-corrected chi connectivity index (χ0v) is 38.9. The Balaban J connectivity index is 2.41. The molecule has 61 heavy (non-hydrogen) atoms. The topological polar surface area (TPSA) is 206 Å². The summed E-state index contributed by atoms with van der Waals surface area (Å²) in [4.78, 5) is 47.8. The molecule has 0 aliphatic heterocycles. The van der Waals surface area contributed by atoms with Crippen LogP contribution in [0.5, 0.6) is 0 Å². The number of allylic oxidation sites excluding steroid dienone is 3. The van der Waals surface area contributed by atoms with Crippen molar-refractivity contribution in [1.82, 2.24) is 0 Å². The second-order valence-electron chi connectivity index (χ2n) is 17.4. The summed E-state index contributed by atoms with van der Waals surface area (Å²) in [5.41, 5.74) is 0. The molecule has 1 unspecified atom stereocenters. The number of aliphatic hydroxyl groups excluding tert-OH is 4. The maximum Gasteiger partial charge on any atom is 0.472 e. The van der Waals surface area contributed by atoms with E-state index in [1.807, 2.05) is 12.2 Å². The smallest absolute Gasteiger partial charge is 0.462 e. The number of hydrogen-bond acceptors (Lipinski definition) is 12. The first-order valence-electron chi connectivity index (χ1n) is 23.8. The number of phosphoric acid groups is 1. The van der Waals surface area contributed by atoms with Crippen molar-refractivity contribution in [1.29, 1.82) is 0 Å². The Hall–Kier alpha value is -1.96. The van der Waals surface area contributed by atoms with Gasteiger partial charge >= 0.3 is 19.8 Å². The van der Waals surface area contributed by atoms with Crippen LogP contribution in [0.4, 0.5) is 0 Å². The van der Waals surface area contributed by atoms with E-state index in [1.165, 1.54) is 77.0 Å². The molecule has 1 rings (SSSR count). The molecular weight excluding hydrogens is 803 g/mol. The van der Waals surface area contributed by atoms with Crippen molar-refractivity contribution in [2.75, 3.05) is 26.4 Å². The van der Waals surface area contributed by atoms with Crippen molar-refractivity contribution in [2.45, 2.75) is 212 Å². The lowest BCUT2D eigenvalue weighted by Gasteiger charge is -2.20. The summed E-state index contributed by atoms with van der Waals surface area (Å²) in [5.74, 6) is -1.08. The molecule has 0 saturated heterocycles. The lowest BCUT2D eigenvalue weighted by Crippen LogP contribution is -2.29. The molecule has 0 aromatic heterocycles. The minimum atomic E-state index is -4.68. The molecule has 0 aromatic rings. The average molecular weight is 889 g/mol. The highest BCUT2D eigenvalue weighted by Gasteiger charge is 2.39. The molecule has 0 amide bonds. The number of hydrogen-bond donors (Lipinski definition) is 5. The monoisotopic (exact) mass is 889 g/mol. The molecule has 0 bridgehead atoms. The van der Waals surface area contributed by atoms with E-state index in [0.29, 0.717) is 32.1 Å². The Morgan fingerprint density at radius 2 is 1.31 bits per heavy atom. The number of esters is 2. The van der Waals surface area contributed by atoms with E-state index in [4.69, 9.17) is 19.1 Å². The van der Waals surface area contributed by atoms with Crippen molar-refractivity contribution < 1.29 is 62.8 Å². The van der Waals surface area contributed by atoms with E-state index in [1.54, 1.807) is 12.2 Å². The van der Waals surface area contributed by atoms with E-state index in [-0.39, 0.29) is 31.0 Å². The molecule has 1 saturated carbocycles. The van der Waals surface area contributed by atoms with Crippen molar-refractivity contribution in [3.8, 4) is 0 Å². The summed E-state index contributed by atoms with van der Waals surface area (Å²) in [7, 11) is -4.68. The zero-order chi connectivity index (χ0) is 45.1. The first-order valence-corrected chi connectivity index (χ1v) is 25.2. The highest BCUT2D eigenvalue weighted by atomic mass is 31.2. The molecule has 7 atom stereocenters. The van der Waals surface area contributed by atoms with Gasteiger partial charge in [0.2, 0.25) is 0 Å². The third kappa shape index (κ3) is 31.5. The number of aliphatic hydroxyl groups is 4. The maximum atomic E-state index is 12.7. The molecule has 1 fully saturated rings. The van der Waals surface area contributed by atoms with Crippen molar-refractivity contribution >= 4 is 25.5 Å². The number of rotatable bonds is 40. The summed E-state index contributed by atoms with van der Waals surface area (Å²) in [6.45, 7) is 4.33. The normalized spacial score (nSPS) is 19.5. The van der Waals surface area contributed by atoms with E-state index >= 15 is 0 Å². The highest BCUT2D eigenvalue weighted by molar-refractivity contribution is 7.47. The van der Waals surface area contributed by atoms with Gasteiger partial charge in [-0.1, -0.05) is 161 Å². The third-order valence-electron chi connectivity index (χ3n) is 11.2. The number of ketones is 1. The second-order valence-corrected chi connectivity index (χ2v) is 18.9. The zero-order valence-electron chi connectivity index (χ0n) is 38.0. The summed E-state index contributed by atoms with van der Waals surface area (Å²) in [5, 5.41) is 39.1. The predicted octanol–water partition coefficient (Wildman–Crippen LogP) is 9.40. The third-order valence-corrected chi connectivity index (χ3v) is 12.1. The lowest BCUT2D eigenvalue weighted by molar-refractivity contribution is -0.161. The summed E-state index contributed by atoms with van der Waals surface area (Å²) in [6, 6.07) is 0. The Labute approximate surface area is 368 Å². The number of carbonyl (C=O) groups excluding carboxylic acids is 3. The van der Waals surface area contributed by atoms with E-state index in [9.17, 15) is 39.2 Å². The molecular formula is C47H85O13P. The van der Waals surface area contributed by atoms with Crippen LogP contribution in [0.2, 0.25) is 0 Å². The molecule has 0 spiro atoms.